The first-order valence-corrected chi connectivity index (χ1v) is 9.99. The highest BCUT2D eigenvalue weighted by Gasteiger charge is 2.08. The van der Waals surface area contributed by atoms with E-state index in [-0.39, 0.29) is 41.6 Å². The SMILES string of the molecule is CCNC(=NCC(C)Oc1ccccc1F)NCCCS(C)(=O)=O.I. The van der Waals surface area contributed by atoms with Crippen LogP contribution in [0.3, 0.4) is 0 Å². The van der Waals surface area contributed by atoms with Gasteiger partial charge in [0.25, 0.3) is 0 Å². The van der Waals surface area contributed by atoms with E-state index in [0.29, 0.717) is 32.0 Å². The zero-order valence-corrected chi connectivity index (χ0v) is 17.9. The van der Waals surface area contributed by atoms with E-state index in [9.17, 15) is 12.8 Å². The van der Waals surface area contributed by atoms with Crippen LogP contribution < -0.4 is 15.4 Å². The minimum Gasteiger partial charge on any atom is -0.486 e. The molecule has 0 saturated carbocycles. The summed E-state index contributed by atoms with van der Waals surface area (Å²) in [4.78, 5) is 4.37. The number of hydrogen-bond acceptors (Lipinski definition) is 4. The fourth-order valence-electron chi connectivity index (χ4n) is 1.90. The Bertz CT molecular complexity index is 641. The van der Waals surface area contributed by atoms with Crippen molar-refractivity contribution in [1.29, 1.82) is 0 Å². The summed E-state index contributed by atoms with van der Waals surface area (Å²) in [5.74, 6) is 0.507. The Kier molecular flexibility index (Phi) is 11.7. The lowest BCUT2D eigenvalue weighted by Crippen LogP contribution is -2.39. The number of halogens is 2. The summed E-state index contributed by atoms with van der Waals surface area (Å²) in [5, 5.41) is 6.14. The third-order valence-corrected chi connectivity index (χ3v) is 4.03. The summed E-state index contributed by atoms with van der Waals surface area (Å²) in [7, 11) is -2.95. The molecule has 0 heterocycles. The molecule has 0 aliphatic carbocycles. The van der Waals surface area contributed by atoms with Gasteiger partial charge >= 0.3 is 0 Å². The molecule has 0 aliphatic heterocycles. The molecule has 0 aromatic heterocycles. The van der Waals surface area contributed by atoms with Gasteiger partial charge in [0.15, 0.2) is 17.5 Å². The van der Waals surface area contributed by atoms with E-state index in [1.807, 2.05) is 13.8 Å². The Labute approximate surface area is 166 Å². The molecule has 0 fully saturated rings. The molecule has 0 saturated heterocycles. The van der Waals surface area contributed by atoms with Gasteiger partial charge in [0.2, 0.25) is 0 Å². The van der Waals surface area contributed by atoms with Gasteiger partial charge in [-0.2, -0.15) is 0 Å². The van der Waals surface area contributed by atoms with Crippen LogP contribution in [0.2, 0.25) is 0 Å². The molecule has 1 rings (SSSR count). The molecule has 0 amide bonds. The van der Waals surface area contributed by atoms with Gasteiger partial charge < -0.3 is 15.4 Å². The van der Waals surface area contributed by atoms with Crippen molar-refractivity contribution in [1.82, 2.24) is 10.6 Å². The zero-order chi connectivity index (χ0) is 18.0. The van der Waals surface area contributed by atoms with Gasteiger partial charge in [-0.25, -0.2) is 17.8 Å². The molecule has 0 bridgehead atoms. The van der Waals surface area contributed by atoms with Crippen molar-refractivity contribution in [2.45, 2.75) is 26.4 Å². The molecule has 9 heteroatoms. The Hall–Kier alpha value is -1.10. The minimum atomic E-state index is -2.95. The molecule has 2 N–H and O–H groups in total. The highest BCUT2D eigenvalue weighted by atomic mass is 127. The quantitative estimate of drug-likeness (QED) is 0.242. The molecule has 1 aromatic carbocycles. The van der Waals surface area contributed by atoms with E-state index in [1.165, 1.54) is 12.3 Å². The molecular formula is C16H27FIN3O3S. The smallest absolute Gasteiger partial charge is 0.191 e. The maximum Gasteiger partial charge on any atom is 0.191 e. The number of hydrogen-bond donors (Lipinski definition) is 2. The first-order valence-electron chi connectivity index (χ1n) is 7.93. The Balaban J connectivity index is 0.00000576. The molecule has 1 atom stereocenters. The highest BCUT2D eigenvalue weighted by molar-refractivity contribution is 14.0. The number of para-hydroxylation sites is 1. The standard InChI is InChI=1S/C16H26FN3O3S.HI/c1-4-18-16(19-10-7-11-24(3,21)22)20-12-13(2)23-15-9-6-5-8-14(15)17;/h5-6,8-9,13H,4,7,10-12H2,1-3H3,(H2,18,19,20);1H. The second-order valence-electron chi connectivity index (χ2n) is 5.49. The number of aliphatic imine (C=N–C) groups is 1. The minimum absolute atomic E-state index is 0. The average Bonchev–Trinajstić information content (AvgIpc) is 2.50. The Morgan fingerprint density at radius 2 is 2.00 bits per heavy atom. The summed E-state index contributed by atoms with van der Waals surface area (Å²) in [6.07, 6.45) is 1.42. The molecule has 6 nitrogen and oxygen atoms in total. The van der Waals surface area contributed by atoms with Crippen molar-refractivity contribution in [3.63, 3.8) is 0 Å². The topological polar surface area (TPSA) is 79.8 Å². The molecule has 0 radical (unpaired) electrons. The summed E-state index contributed by atoms with van der Waals surface area (Å²) >= 11 is 0. The molecule has 0 spiro atoms. The largest absolute Gasteiger partial charge is 0.486 e. The fraction of sp³-hybridized carbons (Fsp3) is 0.562. The molecule has 1 aromatic rings. The number of nitrogens with one attached hydrogen (secondary N) is 2. The summed E-state index contributed by atoms with van der Waals surface area (Å²) < 4.78 is 41.3. The van der Waals surface area contributed by atoms with Gasteiger partial charge in [-0.15, -0.1) is 24.0 Å². The number of rotatable bonds is 9. The van der Waals surface area contributed by atoms with Crippen LogP contribution in [0.25, 0.3) is 0 Å². The van der Waals surface area contributed by atoms with Gasteiger partial charge in [0.1, 0.15) is 15.9 Å². The maximum absolute atomic E-state index is 13.5. The second kappa shape index (κ2) is 12.3. The van der Waals surface area contributed by atoms with E-state index in [2.05, 4.69) is 15.6 Å². The molecule has 1 unspecified atom stereocenters. The van der Waals surface area contributed by atoms with Crippen molar-refractivity contribution in [2.75, 3.05) is 31.6 Å². The predicted octanol–water partition coefficient (Wildman–Crippen LogP) is 2.20. The normalized spacial score (nSPS) is 12.9. The lowest BCUT2D eigenvalue weighted by atomic mass is 10.3. The highest BCUT2D eigenvalue weighted by Crippen LogP contribution is 2.16. The van der Waals surface area contributed by atoms with Crippen molar-refractivity contribution < 1.29 is 17.5 Å². The van der Waals surface area contributed by atoms with Crippen molar-refractivity contribution in [3.8, 4) is 5.75 Å². The number of sulfone groups is 1. The van der Waals surface area contributed by atoms with Crippen LogP contribution >= 0.6 is 24.0 Å². The maximum atomic E-state index is 13.5. The van der Waals surface area contributed by atoms with Gasteiger partial charge in [-0.3, -0.25) is 0 Å². The molecular weight excluding hydrogens is 460 g/mol. The lowest BCUT2D eigenvalue weighted by molar-refractivity contribution is 0.220. The van der Waals surface area contributed by atoms with Gasteiger partial charge in [-0.1, -0.05) is 12.1 Å². The lowest BCUT2D eigenvalue weighted by Gasteiger charge is -2.15. The van der Waals surface area contributed by atoms with Crippen LogP contribution in [0.15, 0.2) is 29.3 Å². The fourth-order valence-corrected chi connectivity index (χ4v) is 2.57. The van der Waals surface area contributed by atoms with E-state index >= 15 is 0 Å². The summed E-state index contributed by atoms with van der Waals surface area (Å²) in [5.41, 5.74) is 0. The third kappa shape index (κ3) is 11.2. The monoisotopic (exact) mass is 487 g/mol. The van der Waals surface area contributed by atoms with Crippen LogP contribution in [-0.2, 0) is 9.84 Å². The van der Waals surface area contributed by atoms with Crippen LogP contribution in [-0.4, -0.2) is 52.1 Å². The third-order valence-electron chi connectivity index (χ3n) is 3.00. The summed E-state index contributed by atoms with van der Waals surface area (Å²) in [6.45, 7) is 5.27. The van der Waals surface area contributed by atoms with E-state index < -0.39 is 15.7 Å². The second-order valence-corrected chi connectivity index (χ2v) is 7.75. The molecule has 144 valence electrons. The number of nitrogens with zero attached hydrogens (tertiary/aromatic N) is 1. The van der Waals surface area contributed by atoms with Crippen LogP contribution in [0.1, 0.15) is 20.3 Å². The van der Waals surface area contributed by atoms with Crippen LogP contribution in [0, 0.1) is 5.82 Å². The van der Waals surface area contributed by atoms with Crippen molar-refractivity contribution in [3.05, 3.63) is 30.1 Å². The first kappa shape index (κ1) is 23.9. The van der Waals surface area contributed by atoms with E-state index in [4.69, 9.17) is 4.74 Å². The first-order chi connectivity index (χ1) is 11.3. The van der Waals surface area contributed by atoms with Crippen LogP contribution in [0.4, 0.5) is 4.39 Å². The number of guanidine groups is 1. The van der Waals surface area contributed by atoms with Gasteiger partial charge in [0.05, 0.1) is 12.3 Å². The average molecular weight is 487 g/mol. The van der Waals surface area contributed by atoms with Crippen molar-refractivity contribution in [2.24, 2.45) is 4.99 Å². The van der Waals surface area contributed by atoms with E-state index in [1.54, 1.807) is 18.2 Å². The Morgan fingerprint density at radius 1 is 1.32 bits per heavy atom. The van der Waals surface area contributed by atoms with Crippen molar-refractivity contribution >= 4 is 39.8 Å². The van der Waals surface area contributed by atoms with E-state index in [0.717, 1.165) is 0 Å². The zero-order valence-electron chi connectivity index (χ0n) is 14.8. The molecule has 0 aliphatic rings. The van der Waals surface area contributed by atoms with Gasteiger partial charge in [0, 0.05) is 19.3 Å². The predicted molar refractivity (Wildman–Crippen MR) is 110 cm³/mol. The van der Waals surface area contributed by atoms with Crippen LogP contribution in [0.5, 0.6) is 5.75 Å². The van der Waals surface area contributed by atoms with Gasteiger partial charge in [-0.05, 0) is 32.4 Å². The number of benzene rings is 1. The number of ether oxygens (including phenoxy) is 1. The summed E-state index contributed by atoms with van der Waals surface area (Å²) in [6, 6.07) is 6.24. The Morgan fingerprint density at radius 3 is 2.60 bits per heavy atom. The molecule has 25 heavy (non-hydrogen) atoms.